The van der Waals surface area contributed by atoms with E-state index in [2.05, 4.69) is 52.2 Å². The van der Waals surface area contributed by atoms with E-state index in [-0.39, 0.29) is 23.2 Å². The van der Waals surface area contributed by atoms with Crippen LogP contribution in [0.1, 0.15) is 34.6 Å². The normalized spacial score (nSPS) is 24.9. The summed E-state index contributed by atoms with van der Waals surface area (Å²) in [5.41, 5.74) is 3.31. The minimum atomic E-state index is -0.0889. The molecular formula is C16H25NO. The molecule has 0 aromatic heterocycles. The zero-order valence-corrected chi connectivity index (χ0v) is 12.3. The predicted octanol–water partition coefficient (Wildman–Crippen LogP) is 3.47. The second-order valence-electron chi connectivity index (χ2n) is 6.34. The Morgan fingerprint density at radius 2 is 1.89 bits per heavy atom. The van der Waals surface area contributed by atoms with E-state index in [4.69, 9.17) is 0 Å². The molecule has 1 aliphatic heterocycles. The van der Waals surface area contributed by atoms with Gasteiger partial charge in [0.2, 0.25) is 5.91 Å². The summed E-state index contributed by atoms with van der Waals surface area (Å²) in [6.45, 7) is 19.2. The standard InChI is InChI=1S/C16H25NO/c1-10(2)14-13(9-17-15(14)18)11(3)8-12(4)16(5,6)7/h8,13-14H,1,4,9H2,2-3,5-7H3,(H,17,18)/b11-8+/t13-,14-/m1/s1. The topological polar surface area (TPSA) is 29.1 Å². The van der Waals surface area contributed by atoms with E-state index in [1.807, 2.05) is 6.92 Å². The fraction of sp³-hybridized carbons (Fsp3) is 0.562. The first-order valence-electron chi connectivity index (χ1n) is 6.45. The minimum absolute atomic E-state index is 0.0655. The molecule has 1 N–H and O–H groups in total. The van der Waals surface area contributed by atoms with E-state index in [0.29, 0.717) is 6.54 Å². The summed E-state index contributed by atoms with van der Waals surface area (Å²) in [4.78, 5) is 11.8. The lowest BCUT2D eigenvalue weighted by molar-refractivity contribution is -0.121. The lowest BCUT2D eigenvalue weighted by Crippen LogP contribution is -2.20. The largest absolute Gasteiger partial charge is 0.355 e. The molecule has 0 aromatic carbocycles. The fourth-order valence-corrected chi connectivity index (χ4v) is 2.21. The highest BCUT2D eigenvalue weighted by Gasteiger charge is 2.36. The van der Waals surface area contributed by atoms with Crippen LogP contribution in [-0.4, -0.2) is 12.5 Å². The van der Waals surface area contributed by atoms with E-state index >= 15 is 0 Å². The maximum Gasteiger partial charge on any atom is 0.227 e. The Kier molecular flexibility index (Phi) is 4.20. The summed E-state index contributed by atoms with van der Waals surface area (Å²) >= 11 is 0. The van der Waals surface area contributed by atoms with Gasteiger partial charge in [-0.05, 0) is 24.8 Å². The zero-order valence-electron chi connectivity index (χ0n) is 12.3. The van der Waals surface area contributed by atoms with Crippen LogP contribution in [0.15, 0.2) is 36.0 Å². The van der Waals surface area contributed by atoms with Gasteiger partial charge in [-0.15, -0.1) is 0 Å². The van der Waals surface area contributed by atoms with E-state index in [1.54, 1.807) is 0 Å². The summed E-state index contributed by atoms with van der Waals surface area (Å²) in [5, 5.41) is 2.92. The summed E-state index contributed by atoms with van der Waals surface area (Å²) in [7, 11) is 0. The van der Waals surface area contributed by atoms with Crippen molar-refractivity contribution in [3.63, 3.8) is 0 Å². The van der Waals surface area contributed by atoms with Gasteiger partial charge in [-0.3, -0.25) is 4.79 Å². The van der Waals surface area contributed by atoms with Crippen molar-refractivity contribution in [1.82, 2.24) is 5.32 Å². The number of nitrogens with one attached hydrogen (secondary N) is 1. The zero-order chi connectivity index (χ0) is 14.1. The van der Waals surface area contributed by atoms with Crippen LogP contribution >= 0.6 is 0 Å². The van der Waals surface area contributed by atoms with Crippen LogP contribution in [-0.2, 0) is 4.79 Å². The summed E-state index contributed by atoms with van der Waals surface area (Å²) in [5.74, 6) is 0.227. The smallest absolute Gasteiger partial charge is 0.227 e. The second kappa shape index (κ2) is 5.13. The van der Waals surface area contributed by atoms with Gasteiger partial charge < -0.3 is 5.32 Å². The van der Waals surface area contributed by atoms with Crippen molar-refractivity contribution in [1.29, 1.82) is 0 Å². The van der Waals surface area contributed by atoms with E-state index in [9.17, 15) is 4.79 Å². The first kappa shape index (κ1) is 14.7. The van der Waals surface area contributed by atoms with Gasteiger partial charge in [-0.1, -0.05) is 51.2 Å². The molecule has 2 atom stereocenters. The van der Waals surface area contributed by atoms with Crippen molar-refractivity contribution in [3.05, 3.63) is 36.0 Å². The number of allylic oxidation sites excluding steroid dienone is 2. The van der Waals surface area contributed by atoms with Crippen molar-refractivity contribution in [2.24, 2.45) is 17.3 Å². The van der Waals surface area contributed by atoms with Gasteiger partial charge in [-0.25, -0.2) is 0 Å². The van der Waals surface area contributed by atoms with E-state index in [1.165, 1.54) is 5.57 Å². The summed E-state index contributed by atoms with van der Waals surface area (Å²) < 4.78 is 0. The SMILES string of the molecule is C=C(C)[C@H]1C(=O)NC[C@@H]1/C(C)=C/C(=C)C(C)(C)C. The van der Waals surface area contributed by atoms with Gasteiger partial charge in [0.1, 0.15) is 0 Å². The number of carbonyl (C=O) groups excluding carboxylic acids is 1. The molecule has 0 bridgehead atoms. The Morgan fingerprint density at radius 3 is 2.33 bits per heavy atom. The molecule has 100 valence electrons. The average molecular weight is 247 g/mol. The third kappa shape index (κ3) is 3.12. The highest BCUT2D eigenvalue weighted by Crippen LogP contribution is 2.33. The maximum absolute atomic E-state index is 11.8. The fourth-order valence-electron chi connectivity index (χ4n) is 2.21. The van der Waals surface area contributed by atoms with Gasteiger partial charge in [0, 0.05) is 12.5 Å². The van der Waals surface area contributed by atoms with E-state index < -0.39 is 0 Å². The molecule has 1 amide bonds. The predicted molar refractivity (Wildman–Crippen MR) is 77.2 cm³/mol. The Balaban J connectivity index is 2.94. The van der Waals surface area contributed by atoms with Crippen LogP contribution in [0.4, 0.5) is 0 Å². The quantitative estimate of drug-likeness (QED) is 0.600. The molecule has 2 nitrogen and oxygen atoms in total. The lowest BCUT2D eigenvalue weighted by atomic mass is 9.81. The third-order valence-corrected chi connectivity index (χ3v) is 3.66. The summed E-state index contributed by atoms with van der Waals surface area (Å²) in [6.07, 6.45) is 2.13. The van der Waals surface area contributed by atoms with Crippen LogP contribution in [0.5, 0.6) is 0 Å². The minimum Gasteiger partial charge on any atom is -0.355 e. The monoisotopic (exact) mass is 247 g/mol. The molecule has 1 rings (SSSR count). The highest BCUT2D eigenvalue weighted by molar-refractivity contribution is 5.84. The van der Waals surface area contributed by atoms with Gasteiger partial charge >= 0.3 is 0 Å². The van der Waals surface area contributed by atoms with Gasteiger partial charge in [0.15, 0.2) is 0 Å². The molecule has 1 heterocycles. The average Bonchev–Trinajstić information content (AvgIpc) is 2.58. The van der Waals surface area contributed by atoms with Crippen LogP contribution in [0.3, 0.4) is 0 Å². The molecule has 0 aromatic rings. The second-order valence-corrected chi connectivity index (χ2v) is 6.34. The number of carbonyl (C=O) groups is 1. The van der Waals surface area contributed by atoms with Gasteiger partial charge in [0.05, 0.1) is 5.92 Å². The third-order valence-electron chi connectivity index (χ3n) is 3.66. The molecule has 0 saturated carbocycles. The molecule has 1 saturated heterocycles. The van der Waals surface area contributed by atoms with Crippen LogP contribution in [0.25, 0.3) is 0 Å². The lowest BCUT2D eigenvalue weighted by Gasteiger charge is -2.22. The molecule has 0 spiro atoms. The Bertz CT molecular complexity index is 409. The molecule has 0 aliphatic carbocycles. The van der Waals surface area contributed by atoms with Crippen molar-refractivity contribution < 1.29 is 4.79 Å². The molecule has 0 radical (unpaired) electrons. The van der Waals surface area contributed by atoms with Crippen LogP contribution < -0.4 is 5.32 Å². The van der Waals surface area contributed by atoms with Crippen LogP contribution in [0, 0.1) is 17.3 Å². The number of rotatable bonds is 3. The number of hydrogen-bond acceptors (Lipinski definition) is 1. The first-order chi connectivity index (χ1) is 8.14. The van der Waals surface area contributed by atoms with Crippen molar-refractivity contribution in [3.8, 4) is 0 Å². The first-order valence-corrected chi connectivity index (χ1v) is 6.45. The number of amides is 1. The van der Waals surface area contributed by atoms with Gasteiger partial charge in [0.25, 0.3) is 0 Å². The molecule has 18 heavy (non-hydrogen) atoms. The molecule has 1 fully saturated rings. The molecular weight excluding hydrogens is 222 g/mol. The Morgan fingerprint density at radius 1 is 1.33 bits per heavy atom. The number of hydrogen-bond donors (Lipinski definition) is 1. The van der Waals surface area contributed by atoms with E-state index in [0.717, 1.165) is 11.1 Å². The van der Waals surface area contributed by atoms with Crippen LogP contribution in [0.2, 0.25) is 0 Å². The van der Waals surface area contributed by atoms with Crippen molar-refractivity contribution in [2.45, 2.75) is 34.6 Å². The Hall–Kier alpha value is -1.31. The summed E-state index contributed by atoms with van der Waals surface area (Å²) in [6, 6.07) is 0. The highest BCUT2D eigenvalue weighted by atomic mass is 16.2. The van der Waals surface area contributed by atoms with Crippen molar-refractivity contribution in [2.75, 3.05) is 6.54 Å². The van der Waals surface area contributed by atoms with Crippen molar-refractivity contribution >= 4 is 5.91 Å². The maximum atomic E-state index is 11.8. The molecule has 2 heteroatoms. The molecule has 1 aliphatic rings. The Labute approximate surface area is 111 Å². The molecule has 0 unspecified atom stereocenters. The van der Waals surface area contributed by atoms with Gasteiger partial charge in [-0.2, -0.15) is 0 Å².